The number of nitrogens with zero attached hydrogens (tertiary/aromatic N) is 5. The highest BCUT2D eigenvalue weighted by molar-refractivity contribution is 7.98. The highest BCUT2D eigenvalue weighted by Crippen LogP contribution is 2.31. The lowest BCUT2D eigenvalue weighted by atomic mass is 10.2. The van der Waals surface area contributed by atoms with Gasteiger partial charge in [0.1, 0.15) is 11.5 Å². The Morgan fingerprint density at radius 1 is 1.03 bits per heavy atom. The van der Waals surface area contributed by atoms with Crippen molar-refractivity contribution in [2.45, 2.75) is 17.8 Å². The van der Waals surface area contributed by atoms with Crippen molar-refractivity contribution in [3.05, 3.63) is 66.5 Å². The second-order valence-corrected chi connectivity index (χ2v) is 7.55. The molecule has 0 amide bonds. The molecule has 2 aromatic carbocycles. The fourth-order valence-corrected chi connectivity index (χ4v) is 3.96. The Hall–Kier alpha value is -3.26. The van der Waals surface area contributed by atoms with E-state index in [1.165, 1.54) is 0 Å². The van der Waals surface area contributed by atoms with Gasteiger partial charge in [0.2, 0.25) is 0 Å². The van der Waals surface area contributed by atoms with E-state index in [-0.39, 0.29) is 0 Å². The summed E-state index contributed by atoms with van der Waals surface area (Å²) < 4.78 is 14.8. The molecule has 0 aliphatic heterocycles. The van der Waals surface area contributed by atoms with E-state index in [4.69, 9.17) is 9.47 Å². The topological polar surface area (TPSA) is 67.0 Å². The summed E-state index contributed by atoms with van der Waals surface area (Å²) in [7, 11) is 3.57. The Balaban J connectivity index is 1.73. The maximum atomic E-state index is 5.59. The quantitative estimate of drug-likeness (QED) is 0.394. The standard InChI is InChI=1S/C22H23N5O2S/c1-4-29-19-10-8-18(9-11-19)27-21(17-6-5-7-20(12-17)28-3)24-25-22(27)30-15-16-13-23-26(2)14-16/h5-14H,4,15H2,1-3H3. The lowest BCUT2D eigenvalue weighted by Gasteiger charge is -2.12. The molecule has 0 unspecified atom stereocenters. The molecule has 0 spiro atoms. The first-order valence-corrected chi connectivity index (χ1v) is 10.6. The number of ether oxygens (including phenoxy) is 2. The van der Waals surface area contributed by atoms with Crippen LogP contribution in [-0.2, 0) is 12.8 Å². The third-order valence-electron chi connectivity index (χ3n) is 4.49. The third-order valence-corrected chi connectivity index (χ3v) is 5.49. The number of aryl methyl sites for hydroxylation is 1. The maximum absolute atomic E-state index is 5.59. The van der Waals surface area contributed by atoms with Gasteiger partial charge in [-0.15, -0.1) is 10.2 Å². The van der Waals surface area contributed by atoms with Gasteiger partial charge in [-0.3, -0.25) is 9.25 Å². The molecule has 2 heterocycles. The van der Waals surface area contributed by atoms with Crippen molar-refractivity contribution in [1.82, 2.24) is 24.5 Å². The summed E-state index contributed by atoms with van der Waals surface area (Å²) in [5.41, 5.74) is 3.03. The van der Waals surface area contributed by atoms with E-state index in [0.29, 0.717) is 6.61 Å². The second-order valence-electron chi connectivity index (χ2n) is 6.61. The summed E-state index contributed by atoms with van der Waals surface area (Å²) >= 11 is 1.62. The fraction of sp³-hybridized carbons (Fsp3) is 0.227. The average Bonchev–Trinajstić information content (AvgIpc) is 3.39. The molecule has 8 heteroatoms. The molecular weight excluding hydrogens is 398 g/mol. The fourth-order valence-electron chi connectivity index (χ4n) is 3.10. The molecule has 0 radical (unpaired) electrons. The van der Waals surface area contributed by atoms with Gasteiger partial charge >= 0.3 is 0 Å². The summed E-state index contributed by atoms with van der Waals surface area (Å²) in [5.74, 6) is 3.12. The first-order chi connectivity index (χ1) is 14.7. The van der Waals surface area contributed by atoms with Crippen LogP contribution in [0, 0.1) is 0 Å². The van der Waals surface area contributed by atoms with Gasteiger partial charge in [0, 0.05) is 35.8 Å². The second kappa shape index (κ2) is 9.04. The van der Waals surface area contributed by atoms with Gasteiger partial charge in [-0.1, -0.05) is 23.9 Å². The van der Waals surface area contributed by atoms with Crippen molar-refractivity contribution in [2.24, 2.45) is 7.05 Å². The van der Waals surface area contributed by atoms with Crippen LogP contribution in [0.4, 0.5) is 0 Å². The molecule has 0 saturated carbocycles. The van der Waals surface area contributed by atoms with Crippen LogP contribution in [0.25, 0.3) is 17.1 Å². The van der Waals surface area contributed by atoms with Gasteiger partial charge in [-0.25, -0.2) is 0 Å². The van der Waals surface area contributed by atoms with Gasteiger partial charge in [-0.05, 0) is 43.3 Å². The van der Waals surface area contributed by atoms with E-state index in [9.17, 15) is 0 Å². The molecule has 0 N–H and O–H groups in total. The zero-order valence-corrected chi connectivity index (χ0v) is 18.0. The normalized spacial score (nSPS) is 10.9. The largest absolute Gasteiger partial charge is 0.497 e. The van der Waals surface area contributed by atoms with Gasteiger partial charge in [0.15, 0.2) is 11.0 Å². The van der Waals surface area contributed by atoms with Crippen molar-refractivity contribution in [3.8, 4) is 28.6 Å². The van der Waals surface area contributed by atoms with E-state index in [0.717, 1.165) is 45.0 Å². The van der Waals surface area contributed by atoms with Crippen LogP contribution in [0.2, 0.25) is 0 Å². The first kappa shape index (κ1) is 20.0. The number of benzene rings is 2. The van der Waals surface area contributed by atoms with Gasteiger partial charge in [-0.2, -0.15) is 5.10 Å². The number of hydrogen-bond donors (Lipinski definition) is 0. The zero-order valence-electron chi connectivity index (χ0n) is 17.1. The molecule has 154 valence electrons. The minimum Gasteiger partial charge on any atom is -0.497 e. The molecule has 30 heavy (non-hydrogen) atoms. The van der Waals surface area contributed by atoms with E-state index in [1.807, 2.05) is 74.9 Å². The van der Waals surface area contributed by atoms with E-state index < -0.39 is 0 Å². The van der Waals surface area contributed by atoms with Crippen molar-refractivity contribution < 1.29 is 9.47 Å². The number of rotatable bonds is 8. The van der Waals surface area contributed by atoms with Crippen LogP contribution < -0.4 is 9.47 Å². The SMILES string of the molecule is CCOc1ccc(-n2c(SCc3cnn(C)c3)nnc2-c2cccc(OC)c2)cc1. The molecule has 0 aliphatic rings. The monoisotopic (exact) mass is 421 g/mol. The summed E-state index contributed by atoms with van der Waals surface area (Å²) in [6, 6.07) is 15.8. The lowest BCUT2D eigenvalue weighted by Crippen LogP contribution is -2.00. The Morgan fingerprint density at radius 2 is 1.87 bits per heavy atom. The van der Waals surface area contributed by atoms with Crippen molar-refractivity contribution in [1.29, 1.82) is 0 Å². The average molecular weight is 422 g/mol. The predicted molar refractivity (Wildman–Crippen MR) is 117 cm³/mol. The Labute approximate surface area is 179 Å². The van der Waals surface area contributed by atoms with Gasteiger partial charge < -0.3 is 9.47 Å². The van der Waals surface area contributed by atoms with Crippen LogP contribution in [-0.4, -0.2) is 38.3 Å². The molecule has 0 atom stereocenters. The predicted octanol–water partition coefficient (Wildman–Crippen LogP) is 4.37. The summed E-state index contributed by atoms with van der Waals surface area (Å²) in [4.78, 5) is 0. The summed E-state index contributed by atoms with van der Waals surface area (Å²) in [6.45, 7) is 2.61. The van der Waals surface area contributed by atoms with Crippen molar-refractivity contribution >= 4 is 11.8 Å². The molecule has 4 rings (SSSR count). The van der Waals surface area contributed by atoms with Crippen LogP contribution in [0.1, 0.15) is 12.5 Å². The van der Waals surface area contributed by atoms with Gasteiger partial charge in [0.05, 0.1) is 19.9 Å². The smallest absolute Gasteiger partial charge is 0.196 e. The number of thioether (sulfide) groups is 1. The van der Waals surface area contributed by atoms with Gasteiger partial charge in [0.25, 0.3) is 0 Å². The molecule has 7 nitrogen and oxygen atoms in total. The molecule has 0 bridgehead atoms. The van der Waals surface area contributed by atoms with E-state index in [2.05, 4.69) is 19.9 Å². The molecule has 0 fully saturated rings. The molecule has 2 aromatic heterocycles. The van der Waals surface area contributed by atoms with Crippen LogP contribution in [0.15, 0.2) is 66.1 Å². The highest BCUT2D eigenvalue weighted by atomic mass is 32.2. The highest BCUT2D eigenvalue weighted by Gasteiger charge is 2.17. The Morgan fingerprint density at radius 3 is 2.57 bits per heavy atom. The summed E-state index contributed by atoms with van der Waals surface area (Å²) in [5, 5.41) is 14.0. The maximum Gasteiger partial charge on any atom is 0.196 e. The Bertz CT molecular complexity index is 1120. The number of aromatic nitrogens is 5. The lowest BCUT2D eigenvalue weighted by molar-refractivity contribution is 0.340. The number of methoxy groups -OCH3 is 1. The van der Waals surface area contributed by atoms with Crippen molar-refractivity contribution in [3.63, 3.8) is 0 Å². The molecular formula is C22H23N5O2S. The number of hydrogen-bond acceptors (Lipinski definition) is 6. The van der Waals surface area contributed by atoms with Crippen LogP contribution in [0.3, 0.4) is 0 Å². The van der Waals surface area contributed by atoms with E-state index >= 15 is 0 Å². The minimum atomic E-state index is 0.632. The first-order valence-electron chi connectivity index (χ1n) is 9.61. The molecule has 4 aromatic rings. The van der Waals surface area contributed by atoms with Crippen LogP contribution in [0.5, 0.6) is 11.5 Å². The third kappa shape index (κ3) is 4.33. The minimum absolute atomic E-state index is 0.632. The van der Waals surface area contributed by atoms with E-state index in [1.54, 1.807) is 23.6 Å². The zero-order chi connectivity index (χ0) is 20.9. The molecule has 0 aliphatic carbocycles. The molecule has 0 saturated heterocycles. The van der Waals surface area contributed by atoms with Crippen LogP contribution >= 0.6 is 11.8 Å². The van der Waals surface area contributed by atoms with Crippen molar-refractivity contribution in [2.75, 3.05) is 13.7 Å². The Kier molecular flexibility index (Phi) is 6.04. The summed E-state index contributed by atoms with van der Waals surface area (Å²) in [6.07, 6.45) is 3.88.